The molecule has 0 atom stereocenters. The van der Waals surface area contributed by atoms with Crippen molar-refractivity contribution in [2.45, 2.75) is 39.0 Å². The quantitative estimate of drug-likeness (QED) is 0.367. The van der Waals surface area contributed by atoms with Crippen molar-refractivity contribution in [1.82, 2.24) is 0 Å². The van der Waals surface area contributed by atoms with Crippen molar-refractivity contribution in [2.24, 2.45) is 0 Å². The van der Waals surface area contributed by atoms with Crippen molar-refractivity contribution in [3.63, 3.8) is 0 Å². The Balaban J connectivity index is 0. The number of rotatable bonds is 5. The fourth-order valence-corrected chi connectivity index (χ4v) is 1.40. The molecule has 1 heteroatoms. The first kappa shape index (κ1) is 16.3. The van der Waals surface area contributed by atoms with E-state index in [9.17, 15) is 0 Å². The van der Waals surface area contributed by atoms with Crippen LogP contribution in [0.1, 0.15) is 38.2 Å². The molecule has 14 heavy (non-hydrogen) atoms. The first-order chi connectivity index (χ1) is 5.93. The van der Waals surface area contributed by atoms with Gasteiger partial charge in [-0.15, -0.1) is 0 Å². The van der Waals surface area contributed by atoms with Crippen LogP contribution in [0.4, 0.5) is 0 Å². The Morgan fingerprint density at radius 3 is 2.14 bits per heavy atom. The van der Waals surface area contributed by atoms with Crippen LogP contribution in [0.2, 0.25) is 0 Å². The molecular formula is C13H21Li. The van der Waals surface area contributed by atoms with E-state index < -0.39 is 0 Å². The van der Waals surface area contributed by atoms with Gasteiger partial charge in [-0.25, -0.2) is 0 Å². The van der Waals surface area contributed by atoms with Crippen LogP contribution in [0.5, 0.6) is 0 Å². The topological polar surface area (TPSA) is 0 Å². The van der Waals surface area contributed by atoms with Gasteiger partial charge in [0, 0.05) is 0 Å². The monoisotopic (exact) mass is 184 g/mol. The van der Waals surface area contributed by atoms with Crippen LogP contribution in [0.25, 0.3) is 0 Å². The summed E-state index contributed by atoms with van der Waals surface area (Å²) in [7, 11) is 0. The number of hydrogen-bond donors (Lipinski definition) is 0. The molecule has 0 aliphatic carbocycles. The van der Waals surface area contributed by atoms with E-state index in [2.05, 4.69) is 37.3 Å². The number of hydrogen-bond acceptors (Lipinski definition) is 0. The average molecular weight is 184 g/mol. The second-order valence-electron chi connectivity index (χ2n) is 3.30. The van der Waals surface area contributed by atoms with Gasteiger partial charge in [0.2, 0.25) is 0 Å². The Labute approximate surface area is 101 Å². The van der Waals surface area contributed by atoms with Crippen LogP contribution in [-0.4, -0.2) is 0 Å². The van der Waals surface area contributed by atoms with E-state index >= 15 is 0 Å². The zero-order valence-corrected chi connectivity index (χ0v) is 9.92. The summed E-state index contributed by atoms with van der Waals surface area (Å²) in [5.74, 6) is 0. The van der Waals surface area contributed by atoms with Crippen LogP contribution >= 0.6 is 0 Å². The molecule has 0 aromatic heterocycles. The molecule has 74 valence electrons. The van der Waals surface area contributed by atoms with Crippen molar-refractivity contribution < 1.29 is 18.9 Å². The Morgan fingerprint density at radius 2 is 1.57 bits per heavy atom. The molecule has 0 N–H and O–H groups in total. The van der Waals surface area contributed by atoms with Gasteiger partial charge in [-0.3, -0.25) is 0 Å². The molecule has 0 unspecified atom stereocenters. The predicted molar refractivity (Wildman–Crippen MR) is 60.7 cm³/mol. The first-order valence-corrected chi connectivity index (χ1v) is 4.97. The summed E-state index contributed by atoms with van der Waals surface area (Å²) in [6.45, 7) is 2.25. The van der Waals surface area contributed by atoms with Gasteiger partial charge in [-0.05, 0) is 18.4 Å². The Bertz CT molecular complexity index is 194. The van der Waals surface area contributed by atoms with Gasteiger partial charge in [0.25, 0.3) is 0 Å². The van der Waals surface area contributed by atoms with Gasteiger partial charge in [-0.2, -0.15) is 0 Å². The van der Waals surface area contributed by atoms with E-state index in [1.54, 1.807) is 0 Å². The minimum Gasteiger partial charge on any atom is -0.358 e. The van der Waals surface area contributed by atoms with Gasteiger partial charge in [0.15, 0.2) is 0 Å². The van der Waals surface area contributed by atoms with E-state index in [1.807, 2.05) is 0 Å². The summed E-state index contributed by atoms with van der Waals surface area (Å²) >= 11 is 0. The van der Waals surface area contributed by atoms with Crippen molar-refractivity contribution in [2.75, 3.05) is 0 Å². The zero-order chi connectivity index (χ0) is 8.65. The van der Waals surface area contributed by atoms with Crippen LogP contribution in [0.3, 0.4) is 0 Å². The van der Waals surface area contributed by atoms with E-state index in [0.29, 0.717) is 0 Å². The minimum absolute atomic E-state index is 0. The summed E-state index contributed by atoms with van der Waals surface area (Å²) in [5, 5.41) is 0. The maximum Gasteiger partial charge on any atom is 1.00 e. The molecule has 0 fully saturated rings. The van der Waals surface area contributed by atoms with Crippen molar-refractivity contribution in [1.29, 1.82) is 0 Å². The second-order valence-corrected chi connectivity index (χ2v) is 3.30. The predicted octanol–water partition coefficient (Wildman–Crippen LogP) is 1.26. The van der Waals surface area contributed by atoms with Gasteiger partial charge in [0.05, 0.1) is 0 Å². The molecular weight excluding hydrogens is 163 g/mol. The molecule has 0 aliphatic rings. The summed E-state index contributed by atoms with van der Waals surface area (Å²) < 4.78 is 0. The third-order valence-corrected chi connectivity index (χ3v) is 2.16. The molecule has 0 nitrogen and oxygen atoms in total. The molecule has 0 amide bonds. The smallest absolute Gasteiger partial charge is 0.358 e. The SMILES string of the molecule is CCCCCCc1ccccc1.[CH3-].[Li+]. The minimum atomic E-state index is 0. The average Bonchev–Trinajstić information content (AvgIpc) is 2.14. The summed E-state index contributed by atoms with van der Waals surface area (Å²) in [6, 6.07) is 10.7. The molecule has 1 aromatic rings. The number of unbranched alkanes of at least 4 members (excludes halogenated alkanes) is 3. The molecule has 0 radical (unpaired) electrons. The van der Waals surface area contributed by atoms with Gasteiger partial charge in [0.1, 0.15) is 0 Å². The van der Waals surface area contributed by atoms with Gasteiger partial charge < -0.3 is 7.43 Å². The van der Waals surface area contributed by atoms with Crippen LogP contribution in [0.15, 0.2) is 30.3 Å². The molecule has 0 bridgehead atoms. The number of benzene rings is 1. The van der Waals surface area contributed by atoms with E-state index in [1.165, 1.54) is 37.7 Å². The standard InChI is InChI=1S/C12H18.CH3.Li/c1-2-3-4-6-9-12-10-7-5-8-11-12;;/h5,7-8,10-11H,2-4,6,9H2,1H3;1H3;/q;-1;+1. The largest absolute Gasteiger partial charge is 1.00 e. The van der Waals surface area contributed by atoms with Crippen LogP contribution < -0.4 is 18.9 Å². The molecule has 0 saturated carbocycles. The Morgan fingerprint density at radius 1 is 0.929 bits per heavy atom. The van der Waals surface area contributed by atoms with E-state index in [-0.39, 0.29) is 26.3 Å². The van der Waals surface area contributed by atoms with Crippen molar-refractivity contribution in [3.8, 4) is 0 Å². The van der Waals surface area contributed by atoms with E-state index in [4.69, 9.17) is 0 Å². The molecule has 0 heterocycles. The van der Waals surface area contributed by atoms with Gasteiger partial charge >= 0.3 is 18.9 Å². The van der Waals surface area contributed by atoms with Crippen molar-refractivity contribution in [3.05, 3.63) is 43.3 Å². The zero-order valence-electron chi connectivity index (χ0n) is 9.92. The summed E-state index contributed by atoms with van der Waals surface area (Å²) in [4.78, 5) is 0. The molecule has 0 spiro atoms. The molecule has 0 aliphatic heterocycles. The molecule has 1 rings (SSSR count). The third kappa shape index (κ3) is 7.24. The van der Waals surface area contributed by atoms with Gasteiger partial charge in [-0.1, -0.05) is 56.5 Å². The van der Waals surface area contributed by atoms with E-state index in [0.717, 1.165) is 0 Å². The van der Waals surface area contributed by atoms with Crippen molar-refractivity contribution >= 4 is 0 Å². The van der Waals surface area contributed by atoms with Crippen LogP contribution in [-0.2, 0) is 6.42 Å². The van der Waals surface area contributed by atoms with Crippen LogP contribution in [0, 0.1) is 7.43 Å². The second kappa shape index (κ2) is 10.9. The fourth-order valence-electron chi connectivity index (χ4n) is 1.40. The molecule has 1 aromatic carbocycles. The maximum atomic E-state index is 2.25. The first-order valence-electron chi connectivity index (χ1n) is 4.97. The summed E-state index contributed by atoms with van der Waals surface area (Å²) in [6.07, 6.45) is 6.69. The summed E-state index contributed by atoms with van der Waals surface area (Å²) in [5.41, 5.74) is 1.48. The molecule has 0 saturated heterocycles. The number of aryl methyl sites for hydroxylation is 1. The Hall–Kier alpha value is -0.183. The maximum absolute atomic E-state index is 2.25. The fraction of sp³-hybridized carbons (Fsp3) is 0.462. The normalized spacial score (nSPS) is 8.64. The third-order valence-electron chi connectivity index (χ3n) is 2.16. The Kier molecular flexibility index (Phi) is 12.7.